The van der Waals surface area contributed by atoms with Crippen molar-refractivity contribution in [1.82, 2.24) is 14.7 Å². The van der Waals surface area contributed by atoms with Crippen molar-refractivity contribution >= 4 is 23.2 Å². The zero-order valence-corrected chi connectivity index (χ0v) is 19.6. The number of aryl methyl sites for hydroxylation is 1. The molecule has 0 bridgehead atoms. The van der Waals surface area contributed by atoms with Crippen LogP contribution in [-0.2, 0) is 17.6 Å². The molecule has 2 aliphatic heterocycles. The minimum atomic E-state index is 0.0984. The van der Waals surface area contributed by atoms with Crippen LogP contribution in [0.1, 0.15) is 77.9 Å². The molecule has 0 radical (unpaired) electrons. The van der Waals surface area contributed by atoms with Crippen LogP contribution in [0.4, 0.5) is 0 Å². The van der Waals surface area contributed by atoms with Crippen LogP contribution in [0.3, 0.4) is 0 Å². The lowest BCUT2D eigenvalue weighted by atomic mass is 9.87. The van der Waals surface area contributed by atoms with E-state index in [1.165, 1.54) is 49.0 Å². The second-order valence-corrected chi connectivity index (χ2v) is 11.1. The quantitative estimate of drug-likeness (QED) is 0.710. The Kier molecular flexibility index (Phi) is 6.65. The van der Waals surface area contributed by atoms with Gasteiger partial charge in [0.25, 0.3) is 5.91 Å². The molecule has 1 aromatic heterocycles. The van der Waals surface area contributed by atoms with Crippen molar-refractivity contribution in [2.45, 2.75) is 76.7 Å². The fraction of sp³-hybridized carbons (Fsp3) is 0.760. The van der Waals surface area contributed by atoms with Crippen LogP contribution in [0.15, 0.2) is 6.07 Å². The van der Waals surface area contributed by atoms with E-state index < -0.39 is 0 Å². The normalized spacial score (nSPS) is 26.0. The van der Waals surface area contributed by atoms with Gasteiger partial charge in [-0.05, 0) is 63.0 Å². The third-order valence-corrected chi connectivity index (χ3v) is 9.23. The Balaban J connectivity index is 1.16. The summed E-state index contributed by atoms with van der Waals surface area (Å²) in [7, 11) is 0. The minimum absolute atomic E-state index is 0.0984. The summed E-state index contributed by atoms with van der Waals surface area (Å²) in [6.45, 7) is 5.66. The van der Waals surface area contributed by atoms with Crippen molar-refractivity contribution in [3.63, 3.8) is 0 Å². The topological polar surface area (TPSA) is 43.9 Å². The van der Waals surface area contributed by atoms with Gasteiger partial charge in [-0.2, -0.15) is 0 Å². The Bertz CT molecular complexity index is 787. The summed E-state index contributed by atoms with van der Waals surface area (Å²) in [5.41, 5.74) is 1.26. The number of carbonyl (C=O) groups excluding carboxylic acids is 2. The Morgan fingerprint density at radius 3 is 2.26 bits per heavy atom. The first-order chi connectivity index (χ1) is 15.2. The van der Waals surface area contributed by atoms with Gasteiger partial charge in [-0.3, -0.25) is 14.5 Å². The number of amides is 2. The molecule has 2 aliphatic carbocycles. The molecule has 0 N–H and O–H groups in total. The highest BCUT2D eigenvalue weighted by atomic mass is 32.1. The van der Waals surface area contributed by atoms with Gasteiger partial charge < -0.3 is 9.80 Å². The number of rotatable bonds is 3. The SMILES string of the molecule is O=C(c1cc2c(s1)CC[C@H](C(=O)N1CCN(C3CCCCC3)CC1)C2)N1CCCCC1. The van der Waals surface area contributed by atoms with Gasteiger partial charge in [0.05, 0.1) is 4.88 Å². The highest BCUT2D eigenvalue weighted by Crippen LogP contribution is 2.34. The molecule has 0 aromatic carbocycles. The largest absolute Gasteiger partial charge is 0.340 e. The van der Waals surface area contributed by atoms with Crippen molar-refractivity contribution < 1.29 is 9.59 Å². The van der Waals surface area contributed by atoms with Crippen molar-refractivity contribution in [2.75, 3.05) is 39.3 Å². The first-order valence-electron chi connectivity index (χ1n) is 12.6. The van der Waals surface area contributed by atoms with Gasteiger partial charge >= 0.3 is 0 Å². The smallest absolute Gasteiger partial charge is 0.263 e. The van der Waals surface area contributed by atoms with Crippen molar-refractivity contribution in [2.24, 2.45) is 5.92 Å². The number of hydrogen-bond donors (Lipinski definition) is 0. The molecule has 5 nitrogen and oxygen atoms in total. The van der Waals surface area contributed by atoms with Gasteiger partial charge in [0.2, 0.25) is 5.91 Å². The van der Waals surface area contributed by atoms with E-state index in [2.05, 4.69) is 15.9 Å². The highest BCUT2D eigenvalue weighted by molar-refractivity contribution is 7.14. The molecule has 1 atom stereocenters. The monoisotopic (exact) mass is 443 g/mol. The molecule has 1 aromatic rings. The molecule has 0 unspecified atom stereocenters. The summed E-state index contributed by atoms with van der Waals surface area (Å²) in [5.74, 6) is 0.658. The van der Waals surface area contributed by atoms with Crippen LogP contribution in [0.5, 0.6) is 0 Å². The van der Waals surface area contributed by atoms with E-state index in [-0.39, 0.29) is 11.8 Å². The average molecular weight is 444 g/mol. The molecule has 31 heavy (non-hydrogen) atoms. The maximum Gasteiger partial charge on any atom is 0.263 e. The van der Waals surface area contributed by atoms with Crippen LogP contribution >= 0.6 is 11.3 Å². The van der Waals surface area contributed by atoms with Crippen LogP contribution in [-0.4, -0.2) is 71.8 Å². The highest BCUT2D eigenvalue weighted by Gasteiger charge is 2.33. The molecule has 1 saturated carbocycles. The predicted octanol–water partition coefficient (Wildman–Crippen LogP) is 3.96. The van der Waals surface area contributed by atoms with Crippen LogP contribution in [0.2, 0.25) is 0 Å². The van der Waals surface area contributed by atoms with Gasteiger partial charge in [-0.25, -0.2) is 0 Å². The summed E-state index contributed by atoms with van der Waals surface area (Å²) in [6.07, 6.45) is 13.0. The third-order valence-electron chi connectivity index (χ3n) is 8.00. The molecular formula is C25H37N3O2S. The number of piperidine rings is 1. The molecule has 2 amide bonds. The molecule has 3 heterocycles. The Morgan fingerprint density at radius 1 is 0.806 bits per heavy atom. The van der Waals surface area contributed by atoms with Crippen LogP contribution in [0, 0.1) is 5.92 Å². The summed E-state index contributed by atoms with van der Waals surface area (Å²) in [5, 5.41) is 0. The van der Waals surface area contributed by atoms with Crippen molar-refractivity contribution in [3.8, 4) is 0 Å². The molecular weight excluding hydrogens is 406 g/mol. The fourth-order valence-electron chi connectivity index (χ4n) is 6.10. The fourth-order valence-corrected chi connectivity index (χ4v) is 7.28. The molecule has 3 fully saturated rings. The second kappa shape index (κ2) is 9.62. The maximum atomic E-state index is 13.3. The number of fused-ring (bicyclic) bond motifs is 1. The number of likely N-dealkylation sites (tertiary alicyclic amines) is 1. The standard InChI is InChI=1S/C25H37N3O2S/c29-24(28-15-13-26(14-16-28)21-7-3-1-4-8-21)19-9-10-22-20(17-19)18-23(31-22)25(30)27-11-5-2-6-12-27/h18-19,21H,1-17H2/t19-/m0/s1. The van der Waals surface area contributed by atoms with Crippen molar-refractivity contribution in [1.29, 1.82) is 0 Å². The molecule has 2 saturated heterocycles. The van der Waals surface area contributed by atoms with Gasteiger partial charge in [-0.1, -0.05) is 19.3 Å². The number of thiophene rings is 1. The number of nitrogens with zero attached hydrogens (tertiary/aromatic N) is 3. The van der Waals surface area contributed by atoms with E-state index in [0.717, 1.165) is 82.3 Å². The van der Waals surface area contributed by atoms with Gasteiger partial charge in [0.1, 0.15) is 0 Å². The minimum Gasteiger partial charge on any atom is -0.340 e. The molecule has 6 heteroatoms. The zero-order chi connectivity index (χ0) is 21.2. The predicted molar refractivity (Wildman–Crippen MR) is 125 cm³/mol. The number of carbonyl (C=O) groups is 2. The van der Waals surface area contributed by atoms with E-state index >= 15 is 0 Å². The Morgan fingerprint density at radius 2 is 1.52 bits per heavy atom. The van der Waals surface area contributed by atoms with E-state index in [4.69, 9.17) is 0 Å². The van der Waals surface area contributed by atoms with Gasteiger partial charge in [0, 0.05) is 56.1 Å². The lowest BCUT2D eigenvalue weighted by Gasteiger charge is -2.41. The summed E-state index contributed by atoms with van der Waals surface area (Å²) < 4.78 is 0. The van der Waals surface area contributed by atoms with Gasteiger partial charge in [-0.15, -0.1) is 11.3 Å². The molecule has 5 rings (SSSR count). The maximum absolute atomic E-state index is 13.3. The Hall–Kier alpha value is -1.40. The van der Waals surface area contributed by atoms with E-state index in [1.54, 1.807) is 11.3 Å². The van der Waals surface area contributed by atoms with Crippen LogP contribution in [0.25, 0.3) is 0 Å². The summed E-state index contributed by atoms with van der Waals surface area (Å²) in [4.78, 5) is 35.2. The Labute approximate surface area is 190 Å². The van der Waals surface area contributed by atoms with Crippen molar-refractivity contribution in [3.05, 3.63) is 21.4 Å². The average Bonchev–Trinajstić information content (AvgIpc) is 3.28. The lowest BCUT2D eigenvalue weighted by Crippen LogP contribution is -2.53. The first kappa shape index (κ1) is 21.4. The first-order valence-corrected chi connectivity index (χ1v) is 13.4. The molecule has 0 spiro atoms. The number of piperazine rings is 1. The van der Waals surface area contributed by atoms with E-state index in [9.17, 15) is 9.59 Å². The zero-order valence-electron chi connectivity index (χ0n) is 18.8. The van der Waals surface area contributed by atoms with E-state index in [0.29, 0.717) is 5.91 Å². The van der Waals surface area contributed by atoms with Crippen LogP contribution < -0.4 is 0 Å². The number of hydrogen-bond acceptors (Lipinski definition) is 4. The lowest BCUT2D eigenvalue weighted by molar-refractivity contribution is -0.138. The summed E-state index contributed by atoms with van der Waals surface area (Å²) in [6, 6.07) is 2.86. The summed E-state index contributed by atoms with van der Waals surface area (Å²) >= 11 is 1.68. The molecule has 170 valence electrons. The van der Waals surface area contributed by atoms with Gasteiger partial charge in [0.15, 0.2) is 0 Å². The second-order valence-electron chi connectivity index (χ2n) is 10.0. The molecule has 4 aliphatic rings. The third kappa shape index (κ3) is 4.70. The van der Waals surface area contributed by atoms with E-state index in [1.807, 2.05) is 4.90 Å².